The van der Waals surface area contributed by atoms with Crippen LogP contribution in [0.3, 0.4) is 0 Å². The van der Waals surface area contributed by atoms with Crippen molar-refractivity contribution >= 4 is 23.6 Å². The average molecular weight is 435 g/mol. The Bertz CT molecular complexity index is 1140. The first-order valence-corrected chi connectivity index (χ1v) is 8.75. The lowest BCUT2D eigenvalue weighted by Crippen LogP contribution is -2.28. The third-order valence-electron chi connectivity index (χ3n) is 4.23. The molecule has 3 rings (SSSR count). The van der Waals surface area contributed by atoms with E-state index in [-0.39, 0.29) is 12.0 Å². The summed E-state index contributed by atoms with van der Waals surface area (Å²) in [5.74, 6) is -4.64. The average Bonchev–Trinajstić information content (AvgIpc) is 3.07. The largest absolute Gasteiger partial charge is 0.543 e. The van der Waals surface area contributed by atoms with Crippen LogP contribution < -0.4 is 15.3 Å². The van der Waals surface area contributed by atoms with Crippen LogP contribution in [0.4, 0.5) is 29.3 Å². The van der Waals surface area contributed by atoms with Gasteiger partial charge in [-0.2, -0.15) is 18.2 Å². The molecule has 2 aromatic carbocycles. The number of carboxylic acid groups (broad SMARTS) is 1. The van der Waals surface area contributed by atoms with E-state index in [0.29, 0.717) is 17.8 Å². The van der Waals surface area contributed by atoms with Crippen LogP contribution in [0.2, 0.25) is 0 Å². The zero-order valence-electron chi connectivity index (χ0n) is 16.2. The fourth-order valence-corrected chi connectivity index (χ4v) is 2.93. The van der Waals surface area contributed by atoms with Crippen molar-refractivity contribution in [2.75, 3.05) is 24.3 Å². The molecule has 3 aromatic rings. The van der Waals surface area contributed by atoms with Gasteiger partial charge < -0.3 is 20.1 Å². The molecule has 1 heterocycles. The summed E-state index contributed by atoms with van der Waals surface area (Å²) in [4.78, 5) is 30.0. The van der Waals surface area contributed by atoms with E-state index in [0.717, 1.165) is 0 Å². The number of aromatic carboxylic acids is 1. The lowest BCUT2D eigenvalue weighted by atomic mass is 10.1. The number of carboxylic acids is 1. The summed E-state index contributed by atoms with van der Waals surface area (Å²) in [5.41, 5.74) is -2.59. The number of amides is 1. The maximum absolute atomic E-state index is 13.3. The zero-order chi connectivity index (χ0) is 22.9. The van der Waals surface area contributed by atoms with Crippen molar-refractivity contribution in [1.29, 1.82) is 0 Å². The minimum Gasteiger partial charge on any atom is -0.543 e. The maximum Gasteiger partial charge on any atom is 0.417 e. The van der Waals surface area contributed by atoms with Crippen molar-refractivity contribution in [3.8, 4) is 5.69 Å². The first-order chi connectivity index (χ1) is 14.5. The van der Waals surface area contributed by atoms with Gasteiger partial charge in [0, 0.05) is 19.8 Å². The van der Waals surface area contributed by atoms with E-state index < -0.39 is 46.5 Å². The predicted octanol–water partition coefficient (Wildman–Crippen LogP) is 2.71. The van der Waals surface area contributed by atoms with Gasteiger partial charge >= 0.3 is 6.18 Å². The molecule has 11 heteroatoms. The van der Waals surface area contributed by atoms with Gasteiger partial charge in [0.05, 0.1) is 17.1 Å². The summed E-state index contributed by atoms with van der Waals surface area (Å²) < 4.78 is 54.3. The van der Waals surface area contributed by atoms with Crippen LogP contribution in [0.1, 0.15) is 26.4 Å². The number of halogens is 4. The van der Waals surface area contributed by atoms with Crippen molar-refractivity contribution in [3.05, 3.63) is 71.2 Å². The Morgan fingerprint density at radius 3 is 2.29 bits per heavy atom. The molecular weight excluding hydrogens is 420 g/mol. The van der Waals surface area contributed by atoms with Crippen LogP contribution in [-0.2, 0) is 6.18 Å². The molecule has 0 fully saturated rings. The number of anilines is 2. The third-order valence-corrected chi connectivity index (χ3v) is 4.23. The molecular formula is C20H15F4N4O3-. The molecule has 0 saturated heterocycles. The van der Waals surface area contributed by atoms with Crippen LogP contribution in [-0.4, -0.2) is 35.5 Å². The number of aromatic nitrogens is 2. The Balaban J connectivity index is 2.13. The van der Waals surface area contributed by atoms with Crippen LogP contribution in [0, 0.1) is 5.82 Å². The Morgan fingerprint density at radius 2 is 1.74 bits per heavy atom. The molecule has 0 atom stereocenters. The molecule has 1 amide bonds. The molecule has 1 aromatic heterocycles. The Labute approximate surface area is 173 Å². The van der Waals surface area contributed by atoms with Gasteiger partial charge in [0.15, 0.2) is 5.82 Å². The van der Waals surface area contributed by atoms with E-state index in [9.17, 15) is 32.3 Å². The number of alkyl halides is 3. The Hall–Kier alpha value is -3.89. The second kappa shape index (κ2) is 8.09. The molecule has 7 nitrogen and oxygen atoms in total. The monoisotopic (exact) mass is 435 g/mol. The van der Waals surface area contributed by atoms with Crippen LogP contribution in [0.5, 0.6) is 0 Å². The SMILES string of the molecule is CN(C)c1nc(NC(=O)c2ccc(F)cc2C(F)(F)F)c(C(=O)[O-])n1-c1ccccc1. The number of hydrogen-bond donors (Lipinski definition) is 1. The molecule has 0 aliphatic rings. The van der Waals surface area contributed by atoms with Crippen molar-refractivity contribution < 1.29 is 32.3 Å². The number of para-hydroxylation sites is 1. The second-order valence-electron chi connectivity index (χ2n) is 6.60. The topological polar surface area (TPSA) is 90.3 Å². The normalized spacial score (nSPS) is 11.3. The zero-order valence-corrected chi connectivity index (χ0v) is 16.2. The second-order valence-corrected chi connectivity index (χ2v) is 6.60. The molecule has 0 bridgehead atoms. The number of nitrogens with one attached hydrogen (secondary N) is 1. The molecule has 0 spiro atoms. The van der Waals surface area contributed by atoms with Crippen molar-refractivity contribution in [1.82, 2.24) is 9.55 Å². The number of carbonyl (C=O) groups is 2. The first-order valence-electron chi connectivity index (χ1n) is 8.75. The molecule has 0 aliphatic carbocycles. The molecule has 0 unspecified atom stereocenters. The van der Waals surface area contributed by atoms with E-state index in [1.54, 1.807) is 44.4 Å². The highest BCUT2D eigenvalue weighted by Crippen LogP contribution is 2.33. The van der Waals surface area contributed by atoms with E-state index in [1.165, 1.54) is 9.47 Å². The Morgan fingerprint density at radius 1 is 1.10 bits per heavy atom. The lowest BCUT2D eigenvalue weighted by Gasteiger charge is -2.17. The summed E-state index contributed by atoms with van der Waals surface area (Å²) in [6.07, 6.45) is -5.01. The third kappa shape index (κ3) is 4.34. The Kier molecular flexibility index (Phi) is 5.69. The summed E-state index contributed by atoms with van der Waals surface area (Å²) >= 11 is 0. The van der Waals surface area contributed by atoms with Gasteiger partial charge in [-0.3, -0.25) is 9.36 Å². The van der Waals surface area contributed by atoms with Gasteiger partial charge in [0.25, 0.3) is 5.91 Å². The standard InChI is InChI=1S/C20H16F4N4O3/c1-27(2)19-26-16(15(18(30)31)28(19)12-6-4-3-5-7-12)25-17(29)13-9-8-11(21)10-14(13)20(22,23)24/h3-10H,1-2H3,(H,25,29)(H,30,31)/p-1. The van der Waals surface area contributed by atoms with E-state index in [4.69, 9.17) is 0 Å². The first kappa shape index (κ1) is 21.8. The smallest absolute Gasteiger partial charge is 0.417 e. The summed E-state index contributed by atoms with van der Waals surface area (Å²) in [5, 5.41) is 14.0. The fraction of sp³-hybridized carbons (Fsp3) is 0.150. The van der Waals surface area contributed by atoms with Crippen LogP contribution in [0.25, 0.3) is 5.69 Å². The van der Waals surface area contributed by atoms with E-state index >= 15 is 0 Å². The van der Waals surface area contributed by atoms with Crippen LogP contribution >= 0.6 is 0 Å². The lowest BCUT2D eigenvalue weighted by molar-refractivity contribution is -0.255. The van der Waals surface area contributed by atoms with E-state index in [2.05, 4.69) is 10.3 Å². The van der Waals surface area contributed by atoms with Gasteiger partial charge in [-0.15, -0.1) is 0 Å². The summed E-state index contributed by atoms with van der Waals surface area (Å²) in [7, 11) is 3.13. The number of benzene rings is 2. The highest BCUT2D eigenvalue weighted by molar-refractivity contribution is 6.07. The van der Waals surface area contributed by atoms with Gasteiger partial charge in [-0.05, 0) is 30.3 Å². The van der Waals surface area contributed by atoms with Gasteiger partial charge in [-0.1, -0.05) is 18.2 Å². The fourth-order valence-electron chi connectivity index (χ4n) is 2.93. The summed E-state index contributed by atoms with van der Waals surface area (Å²) in [6, 6.07) is 9.67. The number of nitrogens with zero attached hydrogens (tertiary/aromatic N) is 3. The van der Waals surface area contributed by atoms with E-state index in [1.807, 2.05) is 0 Å². The van der Waals surface area contributed by atoms with Crippen molar-refractivity contribution in [2.45, 2.75) is 6.18 Å². The molecule has 0 aliphatic heterocycles. The molecule has 0 radical (unpaired) electrons. The van der Waals surface area contributed by atoms with Crippen molar-refractivity contribution in [3.63, 3.8) is 0 Å². The molecule has 0 saturated carbocycles. The van der Waals surface area contributed by atoms with Crippen LogP contribution in [0.15, 0.2) is 48.5 Å². The minimum absolute atomic E-state index is 0.0795. The minimum atomic E-state index is -5.01. The quantitative estimate of drug-likeness (QED) is 0.623. The van der Waals surface area contributed by atoms with Gasteiger partial charge in [0.1, 0.15) is 11.5 Å². The van der Waals surface area contributed by atoms with Gasteiger partial charge in [0.2, 0.25) is 5.95 Å². The number of carbonyl (C=O) groups excluding carboxylic acids is 2. The van der Waals surface area contributed by atoms with Gasteiger partial charge in [-0.25, -0.2) is 4.39 Å². The summed E-state index contributed by atoms with van der Waals surface area (Å²) in [6.45, 7) is 0. The molecule has 1 N–H and O–H groups in total. The number of rotatable bonds is 5. The number of hydrogen-bond acceptors (Lipinski definition) is 5. The predicted molar refractivity (Wildman–Crippen MR) is 102 cm³/mol. The molecule has 31 heavy (non-hydrogen) atoms. The number of imidazole rings is 1. The molecule has 162 valence electrons. The maximum atomic E-state index is 13.3. The van der Waals surface area contributed by atoms with Crippen molar-refractivity contribution in [2.24, 2.45) is 0 Å². The highest BCUT2D eigenvalue weighted by Gasteiger charge is 2.36. The highest BCUT2D eigenvalue weighted by atomic mass is 19.4.